The molecule has 0 saturated carbocycles. The minimum atomic E-state index is -0.359. The number of amides is 1. The lowest BCUT2D eigenvalue weighted by Crippen LogP contribution is -2.32. The Kier molecular flexibility index (Phi) is 5.33. The topological polar surface area (TPSA) is 73.2 Å². The molecule has 29 heavy (non-hydrogen) atoms. The van der Waals surface area contributed by atoms with Crippen molar-refractivity contribution >= 4 is 16.7 Å². The Morgan fingerprint density at radius 3 is 2.21 bits per heavy atom. The molecular weight excluding hydrogens is 366 g/mol. The summed E-state index contributed by atoms with van der Waals surface area (Å²) in [7, 11) is 0. The number of nitrogens with zero attached hydrogens (tertiary/aromatic N) is 2. The van der Waals surface area contributed by atoms with Crippen LogP contribution >= 0.6 is 0 Å². The first-order chi connectivity index (χ1) is 14.2. The minimum absolute atomic E-state index is 0.198. The van der Waals surface area contributed by atoms with Crippen LogP contribution in [0.1, 0.15) is 10.5 Å². The van der Waals surface area contributed by atoms with Crippen molar-refractivity contribution in [2.45, 2.75) is 0 Å². The fraction of sp³-hybridized carbons (Fsp3) is 0.0870. The zero-order valence-electron chi connectivity index (χ0n) is 15.6. The van der Waals surface area contributed by atoms with E-state index in [1.807, 2.05) is 48.5 Å². The number of benzene rings is 3. The van der Waals surface area contributed by atoms with Crippen LogP contribution in [0, 0.1) is 0 Å². The third-order valence-corrected chi connectivity index (χ3v) is 4.42. The standard InChI is InChI=1S/C23H19N3O3/c27-22(24-15-16-29-18-11-5-2-6-12-18)21-19-13-7-8-14-20(19)23(28)26(25-21)17-9-3-1-4-10-17/h1-14H,15-16H2,(H,24,27). The second kappa shape index (κ2) is 8.39. The van der Waals surface area contributed by atoms with Gasteiger partial charge in [-0.05, 0) is 30.3 Å². The molecule has 0 aliphatic rings. The summed E-state index contributed by atoms with van der Waals surface area (Å²) < 4.78 is 6.86. The molecule has 4 rings (SSSR count). The van der Waals surface area contributed by atoms with Crippen molar-refractivity contribution < 1.29 is 9.53 Å². The molecule has 1 N–H and O–H groups in total. The van der Waals surface area contributed by atoms with Crippen LogP contribution in [0.5, 0.6) is 5.75 Å². The Morgan fingerprint density at radius 2 is 1.48 bits per heavy atom. The molecule has 144 valence electrons. The molecule has 3 aromatic carbocycles. The number of carbonyl (C=O) groups is 1. The number of ether oxygens (including phenoxy) is 1. The molecule has 0 aliphatic heterocycles. The predicted octanol–water partition coefficient (Wildman–Crippen LogP) is 3.19. The normalized spacial score (nSPS) is 10.6. The highest BCUT2D eigenvalue weighted by Crippen LogP contribution is 2.15. The van der Waals surface area contributed by atoms with Crippen LogP contribution in [0.2, 0.25) is 0 Å². The largest absolute Gasteiger partial charge is 0.492 e. The Bertz CT molecular complexity index is 1190. The fourth-order valence-electron chi connectivity index (χ4n) is 3.04. The van der Waals surface area contributed by atoms with Crippen molar-refractivity contribution in [2.75, 3.05) is 13.2 Å². The summed E-state index contributed by atoms with van der Waals surface area (Å²) in [4.78, 5) is 25.7. The van der Waals surface area contributed by atoms with Crippen molar-refractivity contribution in [2.24, 2.45) is 0 Å². The van der Waals surface area contributed by atoms with Crippen molar-refractivity contribution in [3.05, 3.63) is 101 Å². The molecule has 1 amide bonds. The van der Waals surface area contributed by atoms with Crippen LogP contribution < -0.4 is 15.6 Å². The third-order valence-electron chi connectivity index (χ3n) is 4.42. The van der Waals surface area contributed by atoms with Gasteiger partial charge in [0, 0.05) is 5.39 Å². The predicted molar refractivity (Wildman–Crippen MR) is 112 cm³/mol. The first-order valence-corrected chi connectivity index (χ1v) is 9.27. The maximum Gasteiger partial charge on any atom is 0.279 e. The summed E-state index contributed by atoms with van der Waals surface area (Å²) >= 11 is 0. The van der Waals surface area contributed by atoms with E-state index in [2.05, 4.69) is 10.4 Å². The molecular formula is C23H19N3O3. The molecule has 0 bridgehead atoms. The first-order valence-electron chi connectivity index (χ1n) is 9.27. The lowest BCUT2D eigenvalue weighted by molar-refractivity contribution is 0.0942. The van der Waals surface area contributed by atoms with E-state index in [9.17, 15) is 9.59 Å². The maximum atomic E-state index is 12.9. The summed E-state index contributed by atoms with van der Waals surface area (Å²) in [5, 5.41) is 8.14. The summed E-state index contributed by atoms with van der Waals surface area (Å²) in [5.41, 5.74) is 0.532. The molecule has 0 saturated heterocycles. The number of aromatic nitrogens is 2. The summed E-state index contributed by atoms with van der Waals surface area (Å²) in [6.07, 6.45) is 0. The Morgan fingerprint density at radius 1 is 0.862 bits per heavy atom. The maximum absolute atomic E-state index is 12.9. The SMILES string of the molecule is O=C(NCCOc1ccccc1)c1nn(-c2ccccc2)c(=O)c2ccccc12. The molecule has 0 spiro atoms. The van der Waals surface area contributed by atoms with Gasteiger partial charge in [0.15, 0.2) is 5.69 Å². The molecule has 0 atom stereocenters. The average molecular weight is 385 g/mol. The molecule has 1 aromatic heterocycles. The summed E-state index contributed by atoms with van der Waals surface area (Å²) in [6.45, 7) is 0.639. The second-order valence-corrected chi connectivity index (χ2v) is 6.36. The van der Waals surface area contributed by atoms with Crippen LogP contribution in [0.25, 0.3) is 16.5 Å². The van der Waals surface area contributed by atoms with E-state index in [1.165, 1.54) is 4.68 Å². The highest BCUT2D eigenvalue weighted by Gasteiger charge is 2.17. The Labute approximate surface area is 167 Å². The lowest BCUT2D eigenvalue weighted by atomic mass is 10.1. The zero-order valence-corrected chi connectivity index (χ0v) is 15.6. The summed E-state index contributed by atoms with van der Waals surface area (Å²) in [6, 6.07) is 25.4. The van der Waals surface area contributed by atoms with E-state index in [0.29, 0.717) is 29.6 Å². The van der Waals surface area contributed by atoms with E-state index in [4.69, 9.17) is 4.74 Å². The van der Waals surface area contributed by atoms with Crippen LogP contribution in [0.3, 0.4) is 0 Å². The second-order valence-electron chi connectivity index (χ2n) is 6.36. The van der Waals surface area contributed by atoms with E-state index >= 15 is 0 Å². The molecule has 0 radical (unpaired) electrons. The van der Waals surface area contributed by atoms with Gasteiger partial charge in [0.25, 0.3) is 11.5 Å². The van der Waals surface area contributed by atoms with Crippen LogP contribution in [0.4, 0.5) is 0 Å². The van der Waals surface area contributed by atoms with Gasteiger partial charge in [-0.1, -0.05) is 54.6 Å². The molecule has 0 fully saturated rings. The molecule has 6 heteroatoms. The zero-order chi connectivity index (χ0) is 20.1. The van der Waals surface area contributed by atoms with Crippen LogP contribution in [-0.4, -0.2) is 28.8 Å². The van der Waals surface area contributed by atoms with Gasteiger partial charge in [-0.3, -0.25) is 9.59 Å². The molecule has 1 heterocycles. The fourth-order valence-corrected chi connectivity index (χ4v) is 3.04. The van der Waals surface area contributed by atoms with Crippen molar-refractivity contribution in [3.63, 3.8) is 0 Å². The Balaban J connectivity index is 1.60. The van der Waals surface area contributed by atoms with E-state index in [-0.39, 0.29) is 17.2 Å². The van der Waals surface area contributed by atoms with Gasteiger partial charge in [0.2, 0.25) is 0 Å². The van der Waals surface area contributed by atoms with Crippen molar-refractivity contribution in [1.29, 1.82) is 0 Å². The van der Waals surface area contributed by atoms with E-state index in [0.717, 1.165) is 5.75 Å². The van der Waals surface area contributed by atoms with E-state index < -0.39 is 0 Å². The third kappa shape index (κ3) is 4.01. The van der Waals surface area contributed by atoms with Gasteiger partial charge in [0.1, 0.15) is 12.4 Å². The first kappa shape index (κ1) is 18.4. The van der Waals surface area contributed by atoms with E-state index in [1.54, 1.807) is 36.4 Å². The molecule has 0 aliphatic carbocycles. The Hall–Kier alpha value is -3.93. The number of carbonyl (C=O) groups excluding carboxylic acids is 1. The lowest BCUT2D eigenvalue weighted by Gasteiger charge is -2.12. The number of rotatable bonds is 6. The van der Waals surface area contributed by atoms with Gasteiger partial charge in [-0.25, -0.2) is 0 Å². The number of hydrogen-bond donors (Lipinski definition) is 1. The van der Waals surface area contributed by atoms with Gasteiger partial charge >= 0.3 is 0 Å². The highest BCUT2D eigenvalue weighted by molar-refractivity contribution is 6.04. The number of nitrogens with one attached hydrogen (secondary N) is 1. The monoisotopic (exact) mass is 385 g/mol. The number of hydrogen-bond acceptors (Lipinski definition) is 4. The smallest absolute Gasteiger partial charge is 0.279 e. The van der Waals surface area contributed by atoms with Crippen LogP contribution in [-0.2, 0) is 0 Å². The quantitative estimate of drug-likeness (QED) is 0.518. The minimum Gasteiger partial charge on any atom is -0.492 e. The van der Waals surface area contributed by atoms with Gasteiger partial charge in [0.05, 0.1) is 17.6 Å². The molecule has 6 nitrogen and oxygen atoms in total. The number of para-hydroxylation sites is 2. The molecule has 4 aromatic rings. The molecule has 0 unspecified atom stereocenters. The number of fused-ring (bicyclic) bond motifs is 1. The van der Waals surface area contributed by atoms with Gasteiger partial charge in [-0.2, -0.15) is 9.78 Å². The average Bonchev–Trinajstić information content (AvgIpc) is 2.78. The summed E-state index contributed by atoms with van der Waals surface area (Å²) in [5.74, 6) is 0.380. The van der Waals surface area contributed by atoms with Gasteiger partial charge < -0.3 is 10.1 Å². The van der Waals surface area contributed by atoms with Crippen molar-refractivity contribution in [1.82, 2.24) is 15.1 Å². The van der Waals surface area contributed by atoms with Crippen molar-refractivity contribution in [3.8, 4) is 11.4 Å². The van der Waals surface area contributed by atoms with Crippen LogP contribution in [0.15, 0.2) is 89.7 Å². The highest BCUT2D eigenvalue weighted by atomic mass is 16.5. The van der Waals surface area contributed by atoms with Gasteiger partial charge in [-0.15, -0.1) is 0 Å².